The number of benzene rings is 1. The lowest BCUT2D eigenvalue weighted by Gasteiger charge is -2.12. The van der Waals surface area contributed by atoms with Gasteiger partial charge in [0.25, 0.3) is 0 Å². The third-order valence-corrected chi connectivity index (χ3v) is 2.72. The van der Waals surface area contributed by atoms with Gasteiger partial charge in [-0.3, -0.25) is 4.79 Å². The monoisotopic (exact) mass is 217 g/mol. The van der Waals surface area contributed by atoms with Gasteiger partial charge in [0.1, 0.15) is 5.75 Å². The van der Waals surface area contributed by atoms with E-state index in [1.807, 2.05) is 6.07 Å². The molecule has 0 amide bonds. The van der Waals surface area contributed by atoms with E-state index >= 15 is 0 Å². The quantitative estimate of drug-likeness (QED) is 0.749. The van der Waals surface area contributed by atoms with Crippen LogP contribution < -0.4 is 5.32 Å². The summed E-state index contributed by atoms with van der Waals surface area (Å²) < 4.78 is 0. The molecule has 1 aliphatic rings. The number of aromatic hydroxyl groups is 1. The highest BCUT2D eigenvalue weighted by Gasteiger charge is 2.14. The highest BCUT2D eigenvalue weighted by Crippen LogP contribution is 2.21. The molecule has 0 aliphatic heterocycles. The molecule has 0 atom stereocenters. The number of hydrogen-bond acceptors (Lipinski definition) is 3. The van der Waals surface area contributed by atoms with E-state index < -0.39 is 0 Å². The maximum absolute atomic E-state index is 11.5. The highest BCUT2D eigenvalue weighted by atomic mass is 16.3. The normalized spacial score (nSPS) is 18.8. The predicted octanol–water partition coefficient (Wildman–Crippen LogP) is 2.83. The van der Waals surface area contributed by atoms with Crippen molar-refractivity contribution in [1.82, 2.24) is 0 Å². The van der Waals surface area contributed by atoms with Gasteiger partial charge in [-0.25, -0.2) is 0 Å². The Morgan fingerprint density at radius 1 is 1.25 bits per heavy atom. The minimum Gasteiger partial charge on any atom is -0.508 e. The summed E-state index contributed by atoms with van der Waals surface area (Å²) in [7, 11) is 0. The molecule has 0 bridgehead atoms. The summed E-state index contributed by atoms with van der Waals surface area (Å²) in [6.45, 7) is 0. The second-order valence-corrected chi connectivity index (χ2v) is 3.99. The first-order valence-corrected chi connectivity index (χ1v) is 5.53. The molecule has 1 aromatic carbocycles. The number of carbonyl (C=O) groups excluding carboxylic acids is 1. The summed E-state index contributed by atoms with van der Waals surface area (Å²) in [4.78, 5) is 11.5. The van der Waals surface area contributed by atoms with Gasteiger partial charge in [-0.2, -0.15) is 0 Å². The topological polar surface area (TPSA) is 49.3 Å². The number of rotatable bonds is 2. The number of carbonyl (C=O) groups is 1. The zero-order chi connectivity index (χ0) is 11.4. The second-order valence-electron chi connectivity index (χ2n) is 3.99. The van der Waals surface area contributed by atoms with Crippen LogP contribution in [0.4, 0.5) is 5.69 Å². The van der Waals surface area contributed by atoms with E-state index in [4.69, 9.17) is 0 Å². The average Bonchev–Trinajstić information content (AvgIpc) is 2.28. The molecule has 16 heavy (non-hydrogen) atoms. The van der Waals surface area contributed by atoms with Gasteiger partial charge < -0.3 is 10.4 Å². The Labute approximate surface area is 94.8 Å². The fourth-order valence-corrected chi connectivity index (χ4v) is 1.82. The summed E-state index contributed by atoms with van der Waals surface area (Å²) in [6, 6.07) is 6.86. The maximum atomic E-state index is 11.5. The highest BCUT2D eigenvalue weighted by molar-refractivity contribution is 5.96. The smallest absolute Gasteiger partial charge is 0.160 e. The molecule has 1 fully saturated rings. The van der Waals surface area contributed by atoms with E-state index in [-0.39, 0.29) is 11.5 Å². The lowest BCUT2D eigenvalue weighted by atomic mass is 9.94. The predicted molar refractivity (Wildman–Crippen MR) is 63.3 cm³/mol. The number of Topliss-reactive ketones (excluding diaryl/α,β-unsaturated/α-hetero) is 1. The number of hydrogen-bond donors (Lipinski definition) is 2. The van der Waals surface area contributed by atoms with E-state index in [2.05, 4.69) is 5.32 Å². The van der Waals surface area contributed by atoms with Crippen molar-refractivity contribution in [2.75, 3.05) is 5.32 Å². The van der Waals surface area contributed by atoms with Crippen LogP contribution >= 0.6 is 0 Å². The third-order valence-electron chi connectivity index (χ3n) is 2.72. The fourth-order valence-electron chi connectivity index (χ4n) is 1.82. The summed E-state index contributed by atoms with van der Waals surface area (Å²) in [5, 5.41) is 12.3. The average molecular weight is 217 g/mol. The van der Waals surface area contributed by atoms with Crippen LogP contribution in [-0.4, -0.2) is 10.9 Å². The van der Waals surface area contributed by atoms with Gasteiger partial charge in [0.05, 0.1) is 0 Å². The fraction of sp³-hybridized carbons (Fsp3) is 0.308. The Balaban J connectivity index is 2.05. The summed E-state index contributed by atoms with van der Waals surface area (Å²) in [6.07, 6.45) is 5.36. The van der Waals surface area contributed by atoms with E-state index in [1.54, 1.807) is 24.4 Å². The van der Waals surface area contributed by atoms with E-state index in [9.17, 15) is 9.90 Å². The second kappa shape index (κ2) is 4.84. The zero-order valence-electron chi connectivity index (χ0n) is 9.07. The number of nitrogens with one attached hydrogen (secondary N) is 1. The van der Waals surface area contributed by atoms with Crippen LogP contribution in [0, 0.1) is 0 Å². The standard InChI is InChI=1S/C13H15NO2/c15-12-6-3-5-11(8-12)14-9-10-4-1-2-7-13(10)16/h3,5-6,8-9,14-15H,1-2,4,7H2/b10-9-. The van der Waals surface area contributed by atoms with E-state index in [0.717, 1.165) is 30.5 Å². The lowest BCUT2D eigenvalue weighted by molar-refractivity contribution is -0.116. The van der Waals surface area contributed by atoms with E-state index in [1.165, 1.54) is 0 Å². The molecule has 1 aliphatic carbocycles. The molecule has 0 saturated heterocycles. The first kappa shape index (κ1) is 10.7. The Bertz CT molecular complexity index is 424. The molecule has 3 heteroatoms. The molecule has 0 radical (unpaired) electrons. The van der Waals surface area contributed by atoms with Crippen molar-refractivity contribution < 1.29 is 9.90 Å². The van der Waals surface area contributed by atoms with Crippen LogP contribution in [0.1, 0.15) is 25.7 Å². The van der Waals surface area contributed by atoms with Crippen molar-refractivity contribution in [3.05, 3.63) is 36.0 Å². The molecule has 2 rings (SSSR count). The molecule has 1 saturated carbocycles. The Morgan fingerprint density at radius 3 is 2.81 bits per heavy atom. The molecule has 2 N–H and O–H groups in total. The molecule has 0 heterocycles. The molecular weight excluding hydrogens is 202 g/mol. The maximum Gasteiger partial charge on any atom is 0.160 e. The summed E-state index contributed by atoms with van der Waals surface area (Å²) >= 11 is 0. The first-order chi connectivity index (χ1) is 7.75. The number of ketones is 1. The van der Waals surface area contributed by atoms with Crippen molar-refractivity contribution in [2.24, 2.45) is 0 Å². The zero-order valence-corrected chi connectivity index (χ0v) is 9.07. The SMILES string of the molecule is O=C1CCCC/C1=C/Nc1cccc(O)c1. The van der Waals surface area contributed by atoms with Crippen molar-refractivity contribution >= 4 is 11.5 Å². The van der Waals surface area contributed by atoms with Crippen molar-refractivity contribution in [3.8, 4) is 5.75 Å². The van der Waals surface area contributed by atoms with Gasteiger partial charge in [-0.1, -0.05) is 6.07 Å². The third kappa shape index (κ3) is 2.63. The molecular formula is C13H15NO2. The van der Waals surface area contributed by atoms with Crippen LogP contribution in [0.15, 0.2) is 36.0 Å². The number of phenolic OH excluding ortho intramolecular Hbond substituents is 1. The molecule has 0 unspecified atom stereocenters. The first-order valence-electron chi connectivity index (χ1n) is 5.53. The van der Waals surface area contributed by atoms with Crippen molar-refractivity contribution in [3.63, 3.8) is 0 Å². The van der Waals surface area contributed by atoms with Crippen LogP contribution in [0.2, 0.25) is 0 Å². The Kier molecular flexibility index (Phi) is 3.25. The molecule has 1 aromatic rings. The van der Waals surface area contributed by atoms with Gasteiger partial charge in [-0.05, 0) is 31.4 Å². The number of anilines is 1. The van der Waals surface area contributed by atoms with Crippen LogP contribution in [0.5, 0.6) is 5.75 Å². The molecule has 3 nitrogen and oxygen atoms in total. The number of phenols is 1. The van der Waals surface area contributed by atoms with Gasteiger partial charge in [0.2, 0.25) is 0 Å². The minimum atomic E-state index is 0.221. The largest absolute Gasteiger partial charge is 0.508 e. The van der Waals surface area contributed by atoms with E-state index in [0.29, 0.717) is 6.42 Å². The van der Waals surface area contributed by atoms with Gasteiger partial charge in [0, 0.05) is 29.9 Å². The molecule has 0 spiro atoms. The van der Waals surface area contributed by atoms with Crippen molar-refractivity contribution in [2.45, 2.75) is 25.7 Å². The minimum absolute atomic E-state index is 0.221. The Morgan fingerprint density at radius 2 is 2.06 bits per heavy atom. The number of allylic oxidation sites excluding steroid dienone is 1. The van der Waals surface area contributed by atoms with Crippen molar-refractivity contribution in [1.29, 1.82) is 0 Å². The van der Waals surface area contributed by atoms with Crippen LogP contribution in [0.3, 0.4) is 0 Å². The van der Waals surface area contributed by atoms with Crippen LogP contribution in [-0.2, 0) is 4.79 Å². The Hall–Kier alpha value is -1.77. The molecule has 84 valence electrons. The van der Waals surface area contributed by atoms with Gasteiger partial charge in [0.15, 0.2) is 5.78 Å². The van der Waals surface area contributed by atoms with Crippen LogP contribution in [0.25, 0.3) is 0 Å². The summed E-state index contributed by atoms with van der Waals surface area (Å²) in [5.74, 6) is 0.456. The van der Waals surface area contributed by atoms with Gasteiger partial charge >= 0.3 is 0 Å². The summed E-state index contributed by atoms with van der Waals surface area (Å²) in [5.41, 5.74) is 1.65. The van der Waals surface area contributed by atoms with Gasteiger partial charge in [-0.15, -0.1) is 0 Å². The molecule has 0 aromatic heterocycles. The lowest BCUT2D eigenvalue weighted by Crippen LogP contribution is -2.09.